The molecule has 5 heteroatoms. The molecule has 1 aromatic carbocycles. The summed E-state index contributed by atoms with van der Waals surface area (Å²) < 4.78 is 0. The Bertz CT molecular complexity index is 870. The van der Waals surface area contributed by atoms with Crippen LogP contribution < -0.4 is 10.6 Å². The molecule has 2 N–H and O–H groups in total. The third-order valence-corrected chi connectivity index (χ3v) is 4.65. The van der Waals surface area contributed by atoms with Crippen molar-refractivity contribution in [2.24, 2.45) is 0 Å². The van der Waals surface area contributed by atoms with Crippen LogP contribution in [0.4, 0.5) is 10.6 Å². The highest BCUT2D eigenvalue weighted by Crippen LogP contribution is 2.31. The van der Waals surface area contributed by atoms with Crippen LogP contribution in [0, 0.1) is 13.8 Å². The van der Waals surface area contributed by atoms with Gasteiger partial charge in [-0.05, 0) is 71.3 Å². The maximum atomic E-state index is 11.7. The number of carbonyl (C=O) groups excluding carboxylic acids is 1. The number of amides is 2. The van der Waals surface area contributed by atoms with Crippen LogP contribution in [-0.4, -0.2) is 17.6 Å². The van der Waals surface area contributed by atoms with Crippen LogP contribution in [0.3, 0.4) is 0 Å². The third kappa shape index (κ3) is 3.19. The van der Waals surface area contributed by atoms with E-state index in [2.05, 4.69) is 52.4 Å². The third-order valence-electron chi connectivity index (χ3n) is 3.79. The van der Waals surface area contributed by atoms with Crippen molar-refractivity contribution in [2.45, 2.75) is 20.8 Å². The molecular weight excluding hydrogens is 306 g/mol. The number of hydrogen-bond acceptors (Lipinski definition) is 3. The number of nitrogens with one attached hydrogen (secondary N) is 2. The number of rotatable bonds is 3. The number of urea groups is 1. The summed E-state index contributed by atoms with van der Waals surface area (Å²) in [7, 11) is 0. The van der Waals surface area contributed by atoms with Gasteiger partial charge in [0, 0.05) is 18.1 Å². The van der Waals surface area contributed by atoms with Crippen molar-refractivity contribution in [3.8, 4) is 11.1 Å². The summed E-state index contributed by atoms with van der Waals surface area (Å²) in [4.78, 5) is 16.0. The Kier molecular flexibility index (Phi) is 4.30. The van der Waals surface area contributed by atoms with Crippen LogP contribution in [0.2, 0.25) is 0 Å². The largest absolute Gasteiger partial charge is 0.338 e. The van der Waals surface area contributed by atoms with Crippen LogP contribution in [-0.2, 0) is 0 Å². The lowest BCUT2D eigenvalue weighted by Crippen LogP contribution is -2.28. The molecule has 0 aliphatic rings. The normalized spacial score (nSPS) is 10.7. The summed E-state index contributed by atoms with van der Waals surface area (Å²) in [6.07, 6.45) is 1.82. The summed E-state index contributed by atoms with van der Waals surface area (Å²) in [6.45, 7) is 6.68. The molecule has 2 aromatic heterocycles. The van der Waals surface area contributed by atoms with Gasteiger partial charge in [-0.3, -0.25) is 5.32 Å². The van der Waals surface area contributed by atoms with Crippen molar-refractivity contribution in [3.05, 3.63) is 46.3 Å². The van der Waals surface area contributed by atoms with Crippen LogP contribution in [0.1, 0.15) is 18.1 Å². The lowest BCUT2D eigenvalue weighted by Gasteiger charge is -2.10. The van der Waals surface area contributed by atoms with E-state index in [9.17, 15) is 4.79 Å². The molecular formula is C18H19N3OS. The lowest BCUT2D eigenvalue weighted by molar-refractivity contribution is 0.252. The first-order chi connectivity index (χ1) is 11.1. The Balaban J connectivity index is 2.03. The summed E-state index contributed by atoms with van der Waals surface area (Å²) in [5.74, 6) is 0.557. The van der Waals surface area contributed by atoms with Crippen LogP contribution in [0.5, 0.6) is 0 Å². The van der Waals surface area contributed by atoms with E-state index in [1.807, 2.05) is 19.2 Å². The second-order valence-electron chi connectivity index (χ2n) is 5.54. The van der Waals surface area contributed by atoms with Gasteiger partial charge in [0.1, 0.15) is 5.82 Å². The molecule has 23 heavy (non-hydrogen) atoms. The monoisotopic (exact) mass is 325 g/mol. The van der Waals surface area contributed by atoms with E-state index in [1.54, 1.807) is 11.3 Å². The van der Waals surface area contributed by atoms with E-state index >= 15 is 0 Å². The number of hydrogen-bond donors (Lipinski definition) is 2. The van der Waals surface area contributed by atoms with Gasteiger partial charge < -0.3 is 5.32 Å². The van der Waals surface area contributed by atoms with Gasteiger partial charge >= 0.3 is 6.03 Å². The molecule has 0 aliphatic heterocycles. The molecule has 118 valence electrons. The van der Waals surface area contributed by atoms with E-state index in [0.717, 1.165) is 10.8 Å². The minimum Gasteiger partial charge on any atom is -0.338 e. The van der Waals surface area contributed by atoms with Crippen LogP contribution in [0.25, 0.3) is 21.9 Å². The Hall–Kier alpha value is -2.40. The average Bonchev–Trinajstić information content (AvgIpc) is 2.93. The number of fused-ring (bicyclic) bond motifs is 1. The first-order valence-electron chi connectivity index (χ1n) is 7.57. The number of aromatic nitrogens is 1. The number of benzene rings is 1. The SMILES string of the molecule is CCNC(=O)Nc1cc2cc(-c3cscc3C)cc(C)c2cn1. The lowest BCUT2D eigenvalue weighted by atomic mass is 9.98. The Morgan fingerprint density at radius 2 is 2.00 bits per heavy atom. The quantitative estimate of drug-likeness (QED) is 0.732. The maximum absolute atomic E-state index is 11.7. The van der Waals surface area contributed by atoms with E-state index in [1.165, 1.54) is 22.3 Å². The Labute approximate surface area is 139 Å². The molecule has 4 nitrogen and oxygen atoms in total. The first kappa shape index (κ1) is 15.5. The van der Waals surface area contributed by atoms with Crippen molar-refractivity contribution < 1.29 is 4.79 Å². The van der Waals surface area contributed by atoms with Gasteiger partial charge in [-0.15, -0.1) is 0 Å². The number of aryl methyl sites for hydroxylation is 2. The first-order valence-corrected chi connectivity index (χ1v) is 8.51. The Morgan fingerprint density at radius 3 is 2.70 bits per heavy atom. The standard InChI is InChI=1S/C18H19N3OS/c1-4-19-18(22)21-17-7-14-6-13(16-10-23-9-12(16)3)5-11(2)15(14)8-20-17/h5-10H,4H2,1-3H3,(H2,19,20,21,22). The van der Waals surface area contributed by atoms with Crippen molar-refractivity contribution in [1.82, 2.24) is 10.3 Å². The summed E-state index contributed by atoms with van der Waals surface area (Å²) >= 11 is 1.71. The van der Waals surface area contributed by atoms with Crippen LogP contribution in [0.15, 0.2) is 35.2 Å². The molecule has 0 fully saturated rings. The fourth-order valence-electron chi connectivity index (χ4n) is 2.64. The van der Waals surface area contributed by atoms with E-state index < -0.39 is 0 Å². The molecule has 0 radical (unpaired) electrons. The molecule has 2 heterocycles. The fourth-order valence-corrected chi connectivity index (χ4v) is 3.50. The molecule has 0 aliphatic carbocycles. The van der Waals surface area contributed by atoms with Crippen molar-refractivity contribution in [1.29, 1.82) is 0 Å². The van der Waals surface area contributed by atoms with Gasteiger partial charge in [-0.25, -0.2) is 9.78 Å². The Morgan fingerprint density at radius 1 is 1.17 bits per heavy atom. The fraction of sp³-hybridized carbons (Fsp3) is 0.222. The highest BCUT2D eigenvalue weighted by Gasteiger charge is 2.08. The van der Waals surface area contributed by atoms with E-state index in [4.69, 9.17) is 0 Å². The zero-order valence-corrected chi connectivity index (χ0v) is 14.3. The van der Waals surface area contributed by atoms with Gasteiger partial charge in [0.15, 0.2) is 0 Å². The molecule has 0 unspecified atom stereocenters. The zero-order valence-electron chi connectivity index (χ0n) is 13.4. The van der Waals surface area contributed by atoms with Gasteiger partial charge in [-0.1, -0.05) is 6.07 Å². The topological polar surface area (TPSA) is 54.0 Å². The smallest absolute Gasteiger partial charge is 0.320 e. The maximum Gasteiger partial charge on any atom is 0.320 e. The summed E-state index contributed by atoms with van der Waals surface area (Å²) in [5, 5.41) is 12.0. The van der Waals surface area contributed by atoms with Crippen molar-refractivity contribution >= 4 is 34.0 Å². The molecule has 0 saturated carbocycles. The van der Waals surface area contributed by atoms with Gasteiger partial charge in [0.2, 0.25) is 0 Å². The second-order valence-corrected chi connectivity index (χ2v) is 6.28. The van der Waals surface area contributed by atoms with Crippen LogP contribution >= 0.6 is 11.3 Å². The predicted octanol–water partition coefficient (Wildman–Crippen LogP) is 4.72. The highest BCUT2D eigenvalue weighted by molar-refractivity contribution is 7.08. The predicted molar refractivity (Wildman–Crippen MR) is 97.2 cm³/mol. The highest BCUT2D eigenvalue weighted by atomic mass is 32.1. The molecule has 3 rings (SSSR count). The zero-order chi connectivity index (χ0) is 16.4. The molecule has 0 saturated heterocycles. The van der Waals surface area contributed by atoms with Gasteiger partial charge in [0.25, 0.3) is 0 Å². The summed E-state index contributed by atoms with van der Waals surface area (Å²) in [6, 6.07) is 6.03. The van der Waals surface area contributed by atoms with E-state index in [-0.39, 0.29) is 6.03 Å². The number of thiophene rings is 1. The molecule has 3 aromatic rings. The van der Waals surface area contributed by atoms with Gasteiger partial charge in [-0.2, -0.15) is 11.3 Å². The minimum absolute atomic E-state index is 0.235. The molecule has 0 atom stereocenters. The molecule has 0 bridgehead atoms. The summed E-state index contributed by atoms with van der Waals surface area (Å²) in [5.41, 5.74) is 4.92. The average molecular weight is 325 g/mol. The second kappa shape index (κ2) is 6.38. The minimum atomic E-state index is -0.235. The molecule has 0 spiro atoms. The number of nitrogens with zero attached hydrogens (tertiary/aromatic N) is 1. The molecule has 2 amide bonds. The van der Waals surface area contributed by atoms with Crippen molar-refractivity contribution in [3.63, 3.8) is 0 Å². The van der Waals surface area contributed by atoms with Crippen molar-refractivity contribution in [2.75, 3.05) is 11.9 Å². The number of anilines is 1. The number of carbonyl (C=O) groups is 1. The van der Waals surface area contributed by atoms with Gasteiger partial charge in [0.05, 0.1) is 0 Å². The number of pyridine rings is 1. The van der Waals surface area contributed by atoms with E-state index in [0.29, 0.717) is 12.4 Å².